The first-order valence-electron chi connectivity index (χ1n) is 12.3. The Morgan fingerprint density at radius 1 is 0.973 bits per heavy atom. The highest BCUT2D eigenvalue weighted by molar-refractivity contribution is 7.91. The van der Waals surface area contributed by atoms with E-state index in [0.717, 1.165) is 39.0 Å². The van der Waals surface area contributed by atoms with Gasteiger partial charge in [-0.15, -0.1) is 0 Å². The molecule has 5 rings (SSSR count). The van der Waals surface area contributed by atoms with Crippen molar-refractivity contribution in [3.05, 3.63) is 95.5 Å². The van der Waals surface area contributed by atoms with Crippen molar-refractivity contribution in [3.63, 3.8) is 0 Å². The summed E-state index contributed by atoms with van der Waals surface area (Å²) in [6.45, 7) is 5.66. The number of fused-ring (bicyclic) bond motifs is 1. The van der Waals surface area contributed by atoms with Gasteiger partial charge >= 0.3 is 0 Å². The van der Waals surface area contributed by atoms with Crippen molar-refractivity contribution in [1.82, 2.24) is 0 Å². The number of nitrogens with zero attached hydrogens (tertiary/aromatic N) is 2. The van der Waals surface area contributed by atoms with Crippen molar-refractivity contribution in [2.75, 3.05) is 17.2 Å². The van der Waals surface area contributed by atoms with Crippen LogP contribution in [0.25, 0.3) is 21.9 Å². The Kier molecular flexibility index (Phi) is 6.61. The molecule has 37 heavy (non-hydrogen) atoms. The molecule has 0 aliphatic carbocycles. The molecule has 1 heterocycles. The van der Waals surface area contributed by atoms with Crippen LogP contribution in [0.5, 0.6) is 0 Å². The average molecular weight is 533 g/mol. The van der Waals surface area contributed by atoms with Crippen molar-refractivity contribution in [3.8, 4) is 11.1 Å². The molecular formula is C30H29ClN2O3S. The van der Waals surface area contributed by atoms with Crippen molar-refractivity contribution < 1.29 is 13.5 Å². The maximum absolute atomic E-state index is 12.4. The smallest absolute Gasteiger partial charge is 0.178 e. The number of halogens is 1. The molecule has 0 saturated heterocycles. The van der Waals surface area contributed by atoms with Crippen molar-refractivity contribution >= 4 is 43.7 Å². The largest absolute Gasteiger partial charge is 0.388 e. The molecule has 1 unspecified atom stereocenters. The summed E-state index contributed by atoms with van der Waals surface area (Å²) in [5, 5.41) is 13.5. The first-order chi connectivity index (χ1) is 17.6. The normalized spacial score (nSPS) is 16.3. The van der Waals surface area contributed by atoms with Gasteiger partial charge < -0.3 is 10.0 Å². The van der Waals surface area contributed by atoms with Crippen LogP contribution < -0.4 is 4.90 Å². The molecule has 190 valence electrons. The molecule has 0 saturated carbocycles. The van der Waals surface area contributed by atoms with Crippen LogP contribution in [0.4, 0.5) is 5.69 Å². The molecule has 0 spiro atoms. The molecule has 4 aromatic carbocycles. The highest BCUT2D eigenvalue weighted by Crippen LogP contribution is 2.37. The summed E-state index contributed by atoms with van der Waals surface area (Å²) >= 11 is 6.87. The minimum Gasteiger partial charge on any atom is -0.388 e. The zero-order valence-electron chi connectivity index (χ0n) is 21.0. The molecular weight excluding hydrogens is 504 g/mol. The van der Waals surface area contributed by atoms with Crippen LogP contribution in [0.1, 0.15) is 26.3 Å². The zero-order valence-corrected chi connectivity index (χ0v) is 22.6. The second-order valence-electron chi connectivity index (χ2n) is 9.86. The van der Waals surface area contributed by atoms with E-state index in [1.54, 1.807) is 39.0 Å². The number of aliphatic imine (C=N–C) groups is 1. The number of benzene rings is 4. The fourth-order valence-corrected chi connectivity index (χ4v) is 5.90. The van der Waals surface area contributed by atoms with E-state index >= 15 is 0 Å². The minimum absolute atomic E-state index is 0.0454. The number of anilines is 1. The van der Waals surface area contributed by atoms with Crippen LogP contribution in [-0.2, 0) is 9.84 Å². The van der Waals surface area contributed by atoms with Gasteiger partial charge in [0.2, 0.25) is 0 Å². The molecule has 1 aliphatic rings. The van der Waals surface area contributed by atoms with Gasteiger partial charge in [-0.05, 0) is 60.0 Å². The van der Waals surface area contributed by atoms with Crippen molar-refractivity contribution in [2.24, 2.45) is 4.99 Å². The van der Waals surface area contributed by atoms with Gasteiger partial charge in [-0.2, -0.15) is 0 Å². The molecule has 0 radical (unpaired) electrons. The van der Waals surface area contributed by atoms with Crippen LogP contribution in [-0.4, -0.2) is 43.3 Å². The second kappa shape index (κ2) is 9.60. The van der Waals surface area contributed by atoms with E-state index in [-0.39, 0.29) is 11.8 Å². The summed E-state index contributed by atoms with van der Waals surface area (Å²) in [6, 6.07) is 26.6. The Hall–Kier alpha value is -3.19. The minimum atomic E-state index is -3.32. The Balaban J connectivity index is 1.58. The Morgan fingerprint density at radius 2 is 1.68 bits per heavy atom. The number of aliphatic hydroxyl groups is 1. The molecule has 1 aliphatic heterocycles. The van der Waals surface area contributed by atoms with Crippen LogP contribution in [0.15, 0.2) is 94.8 Å². The number of rotatable bonds is 6. The van der Waals surface area contributed by atoms with E-state index in [0.29, 0.717) is 16.5 Å². The standard InChI is InChI=1S/C30H29ClN2O3S/c1-4-37(35,36)23-12-7-11-21(17-23)22-15-16-27(26(31)18-22)33-19-28(30(2,3)34)32-29(33)25-14-8-10-20-9-5-6-13-24(20)25/h5-18,28,34H,4,19H2,1-3H3. The molecule has 0 amide bonds. The summed E-state index contributed by atoms with van der Waals surface area (Å²) in [6.07, 6.45) is 0. The van der Waals surface area contributed by atoms with Gasteiger partial charge in [0.15, 0.2) is 9.84 Å². The van der Waals surface area contributed by atoms with Crippen LogP contribution in [0.2, 0.25) is 5.02 Å². The molecule has 1 N–H and O–H groups in total. The summed E-state index contributed by atoms with van der Waals surface area (Å²) in [4.78, 5) is 7.34. The molecule has 0 aromatic heterocycles. The van der Waals surface area contributed by atoms with E-state index in [1.807, 2.05) is 48.5 Å². The lowest BCUT2D eigenvalue weighted by Crippen LogP contribution is -2.39. The van der Waals surface area contributed by atoms with Crippen LogP contribution in [0.3, 0.4) is 0 Å². The highest BCUT2D eigenvalue weighted by atomic mass is 35.5. The number of sulfone groups is 1. The van der Waals surface area contributed by atoms with Crippen molar-refractivity contribution in [1.29, 1.82) is 0 Å². The van der Waals surface area contributed by atoms with E-state index in [4.69, 9.17) is 16.6 Å². The van der Waals surface area contributed by atoms with E-state index in [1.165, 1.54) is 0 Å². The summed E-state index contributed by atoms with van der Waals surface area (Å²) < 4.78 is 24.8. The monoisotopic (exact) mass is 532 g/mol. The Morgan fingerprint density at radius 3 is 2.41 bits per heavy atom. The van der Waals surface area contributed by atoms with E-state index in [9.17, 15) is 13.5 Å². The molecule has 7 heteroatoms. The molecule has 4 aromatic rings. The summed E-state index contributed by atoms with van der Waals surface area (Å²) in [5.74, 6) is 0.804. The number of hydrogen-bond acceptors (Lipinski definition) is 5. The van der Waals surface area contributed by atoms with Gasteiger partial charge in [0, 0.05) is 12.1 Å². The Labute approximate surface area is 223 Å². The number of hydrogen-bond donors (Lipinski definition) is 1. The molecule has 0 fully saturated rings. The van der Waals surface area contributed by atoms with Crippen LogP contribution in [0, 0.1) is 0 Å². The quantitative estimate of drug-likeness (QED) is 0.313. The Bertz CT molecular complexity index is 1620. The SMILES string of the molecule is CCS(=O)(=O)c1cccc(-c2ccc(N3CC(C(C)(C)O)N=C3c3cccc4ccccc34)c(Cl)c2)c1. The third-order valence-corrected chi connectivity index (χ3v) is 8.92. The lowest BCUT2D eigenvalue weighted by Gasteiger charge is -2.26. The maximum atomic E-state index is 12.4. The molecule has 1 atom stereocenters. The fourth-order valence-electron chi connectivity index (χ4n) is 4.69. The molecule has 0 bridgehead atoms. The number of amidine groups is 1. The fraction of sp³-hybridized carbons (Fsp3) is 0.233. The van der Waals surface area contributed by atoms with Gasteiger partial charge in [0.05, 0.1) is 33.0 Å². The predicted molar refractivity (Wildman–Crippen MR) is 153 cm³/mol. The van der Waals surface area contributed by atoms with Gasteiger partial charge in [-0.1, -0.05) is 79.2 Å². The third-order valence-electron chi connectivity index (χ3n) is 6.88. The first kappa shape index (κ1) is 25.5. The van der Waals surface area contributed by atoms with Gasteiger partial charge in [-0.25, -0.2) is 8.42 Å². The first-order valence-corrected chi connectivity index (χ1v) is 14.3. The topological polar surface area (TPSA) is 70.0 Å². The zero-order chi connectivity index (χ0) is 26.4. The predicted octanol–water partition coefficient (Wildman–Crippen LogP) is 6.36. The summed E-state index contributed by atoms with van der Waals surface area (Å²) in [5.41, 5.74) is 2.34. The van der Waals surface area contributed by atoms with E-state index in [2.05, 4.69) is 23.1 Å². The van der Waals surface area contributed by atoms with Gasteiger partial charge in [-0.3, -0.25) is 4.99 Å². The second-order valence-corrected chi connectivity index (χ2v) is 12.5. The van der Waals surface area contributed by atoms with Gasteiger partial charge in [0.25, 0.3) is 0 Å². The maximum Gasteiger partial charge on any atom is 0.178 e. The van der Waals surface area contributed by atoms with Gasteiger partial charge in [0.1, 0.15) is 5.84 Å². The lowest BCUT2D eigenvalue weighted by atomic mass is 10.00. The highest BCUT2D eigenvalue weighted by Gasteiger charge is 2.37. The molecule has 5 nitrogen and oxygen atoms in total. The van der Waals surface area contributed by atoms with E-state index < -0.39 is 15.4 Å². The van der Waals surface area contributed by atoms with Crippen molar-refractivity contribution in [2.45, 2.75) is 37.3 Å². The summed E-state index contributed by atoms with van der Waals surface area (Å²) in [7, 11) is -3.32. The third kappa shape index (κ3) is 4.89. The lowest BCUT2D eigenvalue weighted by molar-refractivity contribution is 0.0583. The van der Waals surface area contributed by atoms with Crippen LogP contribution >= 0.6 is 11.6 Å². The average Bonchev–Trinajstić information content (AvgIpc) is 3.34.